The van der Waals surface area contributed by atoms with E-state index in [-0.39, 0.29) is 5.91 Å². The number of aromatic nitrogens is 1. The van der Waals surface area contributed by atoms with Gasteiger partial charge in [0.2, 0.25) is 0 Å². The second-order valence-corrected chi connectivity index (χ2v) is 9.00. The van der Waals surface area contributed by atoms with Gasteiger partial charge in [-0.15, -0.1) is 9.24 Å². The molecule has 0 N–H and O–H groups in total. The lowest BCUT2D eigenvalue weighted by Gasteiger charge is -2.36. The van der Waals surface area contributed by atoms with Crippen molar-refractivity contribution in [3.63, 3.8) is 0 Å². The van der Waals surface area contributed by atoms with Crippen LogP contribution < -0.4 is 14.9 Å². The number of hydrogen-bond donors (Lipinski definition) is 0. The second kappa shape index (κ2) is 13.3. The fourth-order valence-electron chi connectivity index (χ4n) is 3.71. The zero-order valence-corrected chi connectivity index (χ0v) is 22.3. The zero-order chi connectivity index (χ0) is 24.4. The Morgan fingerprint density at radius 3 is 2.48 bits per heavy atom. The van der Waals surface area contributed by atoms with Gasteiger partial charge in [-0.3, -0.25) is 9.78 Å². The number of ether oxygens (including phenoxy) is 1. The van der Waals surface area contributed by atoms with E-state index in [1.165, 1.54) is 5.56 Å². The Kier molecular flexibility index (Phi) is 10.9. The van der Waals surface area contributed by atoms with Crippen molar-refractivity contribution in [2.24, 2.45) is 5.92 Å². The molecule has 2 heterocycles. The van der Waals surface area contributed by atoms with E-state index in [0.29, 0.717) is 36.9 Å². The maximum absolute atomic E-state index is 13.3. The number of benzene rings is 1. The van der Waals surface area contributed by atoms with Gasteiger partial charge in [0.25, 0.3) is 5.91 Å². The Morgan fingerprint density at radius 2 is 1.88 bits per heavy atom. The van der Waals surface area contributed by atoms with Crippen molar-refractivity contribution in [2.45, 2.75) is 48.0 Å². The monoisotopic (exact) mass is 469 g/mol. The largest absolute Gasteiger partial charge is 0.492 e. The molecule has 0 saturated carbocycles. The minimum Gasteiger partial charge on any atom is -0.492 e. The number of nitrogens with zero attached hydrogens (tertiary/aromatic N) is 3. The summed E-state index contributed by atoms with van der Waals surface area (Å²) in [7, 11) is 2.67. The number of amides is 1. The third kappa shape index (κ3) is 7.30. The number of allylic oxidation sites excluding steroid dienone is 1. The summed E-state index contributed by atoms with van der Waals surface area (Å²) in [6, 6.07) is 8.01. The van der Waals surface area contributed by atoms with Crippen LogP contribution in [0.1, 0.15) is 63.2 Å². The van der Waals surface area contributed by atoms with E-state index in [4.69, 9.17) is 4.74 Å². The van der Waals surface area contributed by atoms with Crippen molar-refractivity contribution >= 4 is 32.2 Å². The number of aryl methyl sites for hydroxylation is 1. The summed E-state index contributed by atoms with van der Waals surface area (Å²) in [4.78, 5) is 22.2. The van der Waals surface area contributed by atoms with E-state index in [0.717, 1.165) is 36.2 Å². The van der Waals surface area contributed by atoms with E-state index < -0.39 is 0 Å². The van der Waals surface area contributed by atoms with Crippen molar-refractivity contribution in [1.82, 2.24) is 9.88 Å². The molecule has 1 amide bonds. The third-order valence-electron chi connectivity index (χ3n) is 5.43. The fraction of sp³-hybridized carbons (Fsp3) is 0.481. The van der Waals surface area contributed by atoms with Crippen LogP contribution in [0.25, 0.3) is 6.08 Å². The molecule has 3 rings (SSSR count). The molecule has 5 nitrogen and oxygen atoms in total. The Balaban J connectivity index is 0.00000187. The Morgan fingerprint density at radius 1 is 1.18 bits per heavy atom. The highest BCUT2D eigenvalue weighted by molar-refractivity contribution is 7.27. The quantitative estimate of drug-likeness (QED) is 0.523. The number of carbonyl (C=O) groups is 1. The number of pyridine rings is 1. The summed E-state index contributed by atoms with van der Waals surface area (Å²) in [5.74, 6) is 1.12. The molecule has 1 aliphatic rings. The average Bonchev–Trinajstić information content (AvgIpc) is 2.84. The summed E-state index contributed by atoms with van der Waals surface area (Å²) >= 11 is 0. The Labute approximate surface area is 202 Å². The molecule has 180 valence electrons. The minimum absolute atomic E-state index is 0.0403. The molecule has 33 heavy (non-hydrogen) atoms. The molecule has 2 aromatic rings. The molecule has 6 heteroatoms. The lowest BCUT2D eigenvalue weighted by atomic mass is 10.1. The summed E-state index contributed by atoms with van der Waals surface area (Å²) < 4.78 is 5.93. The topological polar surface area (TPSA) is 45.7 Å². The minimum atomic E-state index is 0.0403. The number of anilines is 1. The number of piperazine rings is 1. The average molecular weight is 470 g/mol. The Hall–Kier alpha value is -2.39. The van der Waals surface area contributed by atoms with E-state index in [2.05, 4.69) is 52.0 Å². The highest BCUT2D eigenvalue weighted by atomic mass is 31.0. The molecule has 1 aromatic heterocycles. The van der Waals surface area contributed by atoms with Crippen molar-refractivity contribution in [1.29, 1.82) is 0 Å². The molecule has 1 unspecified atom stereocenters. The summed E-state index contributed by atoms with van der Waals surface area (Å²) in [5.41, 5.74) is 4.06. The van der Waals surface area contributed by atoms with Gasteiger partial charge in [0, 0.05) is 26.2 Å². The van der Waals surface area contributed by atoms with Gasteiger partial charge >= 0.3 is 0 Å². The normalized spacial score (nSPS) is 13.8. The number of rotatable bonds is 7. The standard InChI is InChI=1S/C25H34N3O2P.C2H6/c1-5-7-23-19(6-2)14-20(16-26-23)27-10-12-28(13-11-27)25(29)22-15-21(31)8-9-24(22)30-17-18(3)4;1-2/h5,7-9,14-16,18H,6,10-13,17,31H2,1-4H3;1-2H3/b7-5-;. The molecular formula is C27H40N3O2P. The molecule has 1 fully saturated rings. The summed E-state index contributed by atoms with van der Waals surface area (Å²) in [6.45, 7) is 15.9. The van der Waals surface area contributed by atoms with Gasteiger partial charge in [-0.2, -0.15) is 0 Å². The fourth-order valence-corrected chi connectivity index (χ4v) is 3.97. The summed E-state index contributed by atoms with van der Waals surface area (Å²) in [6.07, 6.45) is 6.97. The van der Waals surface area contributed by atoms with Crippen LogP contribution in [0.2, 0.25) is 0 Å². The van der Waals surface area contributed by atoms with Crippen molar-refractivity contribution in [2.75, 3.05) is 37.7 Å². The third-order valence-corrected chi connectivity index (χ3v) is 5.79. The van der Waals surface area contributed by atoms with Gasteiger partial charge in [0.1, 0.15) is 5.75 Å². The molecule has 1 aromatic carbocycles. The van der Waals surface area contributed by atoms with Crippen LogP contribution in [0, 0.1) is 5.92 Å². The van der Waals surface area contributed by atoms with Crippen molar-refractivity contribution in [3.05, 3.63) is 53.4 Å². The van der Waals surface area contributed by atoms with Gasteiger partial charge in [-0.25, -0.2) is 0 Å². The first kappa shape index (κ1) is 26.9. The highest BCUT2D eigenvalue weighted by Crippen LogP contribution is 2.24. The second-order valence-electron chi connectivity index (χ2n) is 8.33. The van der Waals surface area contributed by atoms with E-state index >= 15 is 0 Å². The lowest BCUT2D eigenvalue weighted by Crippen LogP contribution is -2.49. The molecule has 0 bridgehead atoms. The number of hydrogen-bond acceptors (Lipinski definition) is 4. The van der Waals surface area contributed by atoms with Crippen LogP contribution in [0.15, 0.2) is 36.5 Å². The maximum Gasteiger partial charge on any atom is 0.257 e. The van der Waals surface area contributed by atoms with Gasteiger partial charge in [-0.05, 0) is 54.4 Å². The van der Waals surface area contributed by atoms with Crippen LogP contribution >= 0.6 is 9.24 Å². The first-order valence-corrected chi connectivity index (χ1v) is 12.7. The molecule has 1 aliphatic heterocycles. The molecule has 0 spiro atoms. The SMILES string of the molecule is C/C=C\c1ncc(N2CCN(C(=O)c3cc(P)ccc3OCC(C)C)CC2)cc1CC.CC. The van der Waals surface area contributed by atoms with Crippen LogP contribution in [0.5, 0.6) is 5.75 Å². The Bertz CT molecular complexity index is 935. The first-order chi connectivity index (χ1) is 15.9. The van der Waals surface area contributed by atoms with Gasteiger partial charge < -0.3 is 14.5 Å². The van der Waals surface area contributed by atoms with Crippen molar-refractivity contribution in [3.8, 4) is 5.75 Å². The zero-order valence-electron chi connectivity index (χ0n) is 21.1. The van der Waals surface area contributed by atoms with Crippen LogP contribution in [0.4, 0.5) is 5.69 Å². The number of carbonyl (C=O) groups excluding carboxylic acids is 1. The molecule has 0 aliphatic carbocycles. The van der Waals surface area contributed by atoms with Gasteiger partial charge in [0.05, 0.1) is 29.7 Å². The first-order valence-electron chi connectivity index (χ1n) is 12.1. The van der Waals surface area contributed by atoms with Crippen LogP contribution in [-0.4, -0.2) is 48.6 Å². The van der Waals surface area contributed by atoms with Crippen LogP contribution in [-0.2, 0) is 6.42 Å². The van der Waals surface area contributed by atoms with Gasteiger partial charge in [0.15, 0.2) is 0 Å². The van der Waals surface area contributed by atoms with E-state index in [1.54, 1.807) is 0 Å². The molecule has 1 saturated heterocycles. The predicted octanol–water partition coefficient (Wildman–Crippen LogP) is 5.20. The molecular weight excluding hydrogens is 429 g/mol. The smallest absolute Gasteiger partial charge is 0.257 e. The van der Waals surface area contributed by atoms with Crippen molar-refractivity contribution < 1.29 is 9.53 Å². The van der Waals surface area contributed by atoms with Gasteiger partial charge in [-0.1, -0.05) is 46.8 Å². The maximum atomic E-state index is 13.3. The summed E-state index contributed by atoms with van der Waals surface area (Å²) in [5, 5.41) is 0.985. The molecule has 0 radical (unpaired) electrons. The highest BCUT2D eigenvalue weighted by Gasteiger charge is 2.25. The van der Waals surface area contributed by atoms with E-state index in [1.807, 2.05) is 56.1 Å². The molecule has 1 atom stereocenters. The van der Waals surface area contributed by atoms with E-state index in [9.17, 15) is 4.79 Å². The lowest BCUT2D eigenvalue weighted by molar-refractivity contribution is 0.0741. The predicted molar refractivity (Wildman–Crippen MR) is 144 cm³/mol. The van der Waals surface area contributed by atoms with Crippen LogP contribution in [0.3, 0.4) is 0 Å².